The molecule has 0 aliphatic rings. The van der Waals surface area contributed by atoms with Crippen molar-refractivity contribution in [3.05, 3.63) is 65.0 Å². The Labute approximate surface area is 131 Å². The molecule has 3 nitrogen and oxygen atoms in total. The Morgan fingerprint density at radius 2 is 1.59 bits per heavy atom. The molecule has 0 spiro atoms. The third kappa shape index (κ3) is 3.54. The molecule has 2 aromatic carbocycles. The fourth-order valence-electron chi connectivity index (χ4n) is 2.42. The second-order valence-electron chi connectivity index (χ2n) is 6.01. The van der Waals surface area contributed by atoms with Crippen molar-refractivity contribution in [1.82, 2.24) is 4.72 Å². The molecule has 0 aliphatic heterocycles. The summed E-state index contributed by atoms with van der Waals surface area (Å²) in [6.07, 6.45) is 0. The van der Waals surface area contributed by atoms with E-state index in [4.69, 9.17) is 0 Å². The van der Waals surface area contributed by atoms with Gasteiger partial charge in [-0.2, -0.15) is 0 Å². The van der Waals surface area contributed by atoms with E-state index in [1.807, 2.05) is 13.0 Å². The van der Waals surface area contributed by atoms with Gasteiger partial charge in [0.25, 0.3) is 0 Å². The number of hydrogen-bond donors (Lipinski definition) is 1. The maximum Gasteiger partial charge on any atom is 0.241 e. The number of halogens is 1. The second kappa shape index (κ2) is 5.82. The molecule has 0 unspecified atom stereocenters. The number of benzene rings is 2. The van der Waals surface area contributed by atoms with Crippen LogP contribution >= 0.6 is 0 Å². The van der Waals surface area contributed by atoms with E-state index in [0.717, 1.165) is 5.56 Å². The van der Waals surface area contributed by atoms with Gasteiger partial charge in [0.05, 0.1) is 10.4 Å². The lowest BCUT2D eigenvalue weighted by atomic mass is 9.96. The van der Waals surface area contributed by atoms with Crippen LogP contribution < -0.4 is 4.72 Å². The van der Waals surface area contributed by atoms with Crippen LogP contribution in [0, 0.1) is 19.7 Å². The molecule has 0 saturated heterocycles. The first-order chi connectivity index (χ1) is 10.1. The Hall–Kier alpha value is -1.72. The highest BCUT2D eigenvalue weighted by Gasteiger charge is 2.28. The van der Waals surface area contributed by atoms with Gasteiger partial charge in [-0.25, -0.2) is 17.5 Å². The van der Waals surface area contributed by atoms with Gasteiger partial charge in [-0.15, -0.1) is 0 Å². The first-order valence-corrected chi connectivity index (χ1v) is 8.47. The van der Waals surface area contributed by atoms with Crippen LogP contribution in [0.1, 0.15) is 30.5 Å². The standard InChI is InChI=1S/C17H20FNO2S/c1-12-5-10-16(13(2)11-12)22(20,21)19-17(3,4)14-6-8-15(18)9-7-14/h5-11,19H,1-4H3. The highest BCUT2D eigenvalue weighted by Crippen LogP contribution is 2.25. The van der Waals surface area contributed by atoms with Gasteiger partial charge in [-0.1, -0.05) is 29.8 Å². The predicted molar refractivity (Wildman–Crippen MR) is 85.7 cm³/mol. The summed E-state index contributed by atoms with van der Waals surface area (Å²) in [6, 6.07) is 11.0. The van der Waals surface area contributed by atoms with E-state index >= 15 is 0 Å². The van der Waals surface area contributed by atoms with Crippen LogP contribution in [-0.4, -0.2) is 8.42 Å². The fraction of sp³-hybridized carbons (Fsp3) is 0.294. The summed E-state index contributed by atoms with van der Waals surface area (Å²) in [4.78, 5) is 0.258. The van der Waals surface area contributed by atoms with Crippen LogP contribution in [0.2, 0.25) is 0 Å². The van der Waals surface area contributed by atoms with Gasteiger partial charge in [0.15, 0.2) is 0 Å². The van der Waals surface area contributed by atoms with Crippen molar-refractivity contribution in [1.29, 1.82) is 0 Å². The molecule has 2 aromatic rings. The zero-order valence-electron chi connectivity index (χ0n) is 13.1. The van der Waals surface area contributed by atoms with Gasteiger partial charge in [0.2, 0.25) is 10.0 Å². The summed E-state index contributed by atoms with van der Waals surface area (Å²) in [7, 11) is -3.67. The quantitative estimate of drug-likeness (QED) is 0.934. The summed E-state index contributed by atoms with van der Waals surface area (Å²) in [5.41, 5.74) is 1.56. The molecular weight excluding hydrogens is 301 g/mol. The minimum absolute atomic E-state index is 0.258. The largest absolute Gasteiger partial charge is 0.241 e. The third-order valence-corrected chi connectivity index (χ3v) is 5.39. The molecule has 0 atom stereocenters. The number of aryl methyl sites for hydroxylation is 2. The van der Waals surface area contributed by atoms with Crippen molar-refractivity contribution in [3.63, 3.8) is 0 Å². The van der Waals surface area contributed by atoms with E-state index < -0.39 is 15.6 Å². The first kappa shape index (κ1) is 16.6. The van der Waals surface area contributed by atoms with Gasteiger partial charge < -0.3 is 0 Å². The molecule has 0 amide bonds. The normalized spacial score (nSPS) is 12.4. The molecule has 2 rings (SSSR count). The van der Waals surface area contributed by atoms with E-state index in [9.17, 15) is 12.8 Å². The SMILES string of the molecule is Cc1ccc(S(=O)(=O)NC(C)(C)c2ccc(F)cc2)c(C)c1. The van der Waals surface area contributed by atoms with Crippen LogP contribution in [0.5, 0.6) is 0 Å². The molecular formula is C17H20FNO2S. The van der Waals surface area contributed by atoms with E-state index in [2.05, 4.69) is 4.72 Å². The predicted octanol–water partition coefficient (Wildman–Crippen LogP) is 3.66. The van der Waals surface area contributed by atoms with E-state index in [-0.39, 0.29) is 10.7 Å². The Balaban J connectivity index is 2.36. The summed E-state index contributed by atoms with van der Waals surface area (Å²) in [5.74, 6) is -0.350. The Morgan fingerprint density at radius 1 is 1.00 bits per heavy atom. The minimum Gasteiger partial charge on any atom is -0.207 e. The summed E-state index contributed by atoms with van der Waals surface area (Å²) >= 11 is 0. The molecule has 0 fully saturated rings. The van der Waals surface area contributed by atoms with Crippen LogP contribution in [0.25, 0.3) is 0 Å². The minimum atomic E-state index is -3.67. The zero-order valence-corrected chi connectivity index (χ0v) is 14.0. The number of sulfonamides is 1. The van der Waals surface area contributed by atoms with E-state index in [1.54, 1.807) is 45.0 Å². The molecule has 22 heavy (non-hydrogen) atoms. The lowest BCUT2D eigenvalue weighted by molar-refractivity contribution is 0.471. The average molecular weight is 321 g/mol. The van der Waals surface area contributed by atoms with Gasteiger partial charge in [0.1, 0.15) is 5.82 Å². The van der Waals surface area contributed by atoms with Crippen molar-refractivity contribution >= 4 is 10.0 Å². The average Bonchev–Trinajstić information content (AvgIpc) is 2.37. The molecule has 118 valence electrons. The van der Waals surface area contributed by atoms with Gasteiger partial charge in [-0.3, -0.25) is 0 Å². The molecule has 0 aromatic heterocycles. The van der Waals surface area contributed by atoms with Crippen LogP contribution in [-0.2, 0) is 15.6 Å². The highest BCUT2D eigenvalue weighted by molar-refractivity contribution is 7.89. The Bertz CT molecular complexity index is 781. The van der Waals surface area contributed by atoms with E-state index in [0.29, 0.717) is 11.1 Å². The molecule has 0 heterocycles. The summed E-state index contributed by atoms with van der Waals surface area (Å²) in [5, 5.41) is 0. The van der Waals surface area contributed by atoms with Gasteiger partial charge in [0, 0.05) is 0 Å². The lowest BCUT2D eigenvalue weighted by Crippen LogP contribution is -2.41. The number of nitrogens with one attached hydrogen (secondary N) is 1. The maximum atomic E-state index is 13.0. The molecule has 5 heteroatoms. The molecule has 0 bridgehead atoms. The highest BCUT2D eigenvalue weighted by atomic mass is 32.2. The lowest BCUT2D eigenvalue weighted by Gasteiger charge is -2.27. The number of hydrogen-bond acceptors (Lipinski definition) is 2. The molecule has 0 saturated carbocycles. The Morgan fingerprint density at radius 3 is 2.14 bits per heavy atom. The van der Waals surface area contributed by atoms with Crippen LogP contribution in [0.15, 0.2) is 47.4 Å². The van der Waals surface area contributed by atoms with Crippen LogP contribution in [0.4, 0.5) is 4.39 Å². The molecule has 0 aliphatic carbocycles. The summed E-state index contributed by atoms with van der Waals surface area (Å²) < 4.78 is 41.0. The fourth-order valence-corrected chi connectivity index (χ4v) is 4.05. The van der Waals surface area contributed by atoms with E-state index in [1.165, 1.54) is 12.1 Å². The van der Waals surface area contributed by atoms with Crippen LogP contribution in [0.3, 0.4) is 0 Å². The van der Waals surface area contributed by atoms with Gasteiger partial charge >= 0.3 is 0 Å². The van der Waals surface area contributed by atoms with Crippen molar-refractivity contribution in [2.75, 3.05) is 0 Å². The smallest absolute Gasteiger partial charge is 0.207 e. The van der Waals surface area contributed by atoms with Gasteiger partial charge in [-0.05, 0) is 57.0 Å². The maximum absolute atomic E-state index is 13.0. The Kier molecular flexibility index (Phi) is 4.40. The first-order valence-electron chi connectivity index (χ1n) is 6.99. The number of rotatable bonds is 4. The van der Waals surface area contributed by atoms with Crippen molar-refractivity contribution in [3.8, 4) is 0 Å². The van der Waals surface area contributed by atoms with Crippen molar-refractivity contribution in [2.45, 2.75) is 38.1 Å². The zero-order chi connectivity index (χ0) is 16.5. The monoisotopic (exact) mass is 321 g/mol. The molecule has 1 N–H and O–H groups in total. The second-order valence-corrected chi connectivity index (χ2v) is 7.66. The van der Waals surface area contributed by atoms with Crippen molar-refractivity contribution in [2.24, 2.45) is 0 Å². The molecule has 0 radical (unpaired) electrons. The third-order valence-electron chi connectivity index (χ3n) is 3.58. The summed E-state index contributed by atoms with van der Waals surface area (Å²) in [6.45, 7) is 7.19. The van der Waals surface area contributed by atoms with Crippen molar-refractivity contribution < 1.29 is 12.8 Å². The topological polar surface area (TPSA) is 46.2 Å².